The SMILES string of the molecule is OCc1c(SCc2ccccc2Cl)nc2ccccn12. The van der Waals surface area contributed by atoms with Crippen LogP contribution in [0.4, 0.5) is 0 Å². The van der Waals surface area contributed by atoms with E-state index < -0.39 is 0 Å². The zero-order valence-corrected chi connectivity index (χ0v) is 12.2. The number of aliphatic hydroxyl groups excluding tert-OH is 1. The molecule has 0 spiro atoms. The van der Waals surface area contributed by atoms with E-state index >= 15 is 0 Å². The number of aliphatic hydroxyl groups is 1. The summed E-state index contributed by atoms with van der Waals surface area (Å²) in [5.41, 5.74) is 2.73. The number of nitrogens with zero attached hydrogens (tertiary/aromatic N) is 2. The predicted molar refractivity (Wildman–Crippen MR) is 82.1 cm³/mol. The number of pyridine rings is 1. The van der Waals surface area contributed by atoms with Gasteiger partial charge in [0, 0.05) is 17.0 Å². The molecule has 0 aliphatic heterocycles. The van der Waals surface area contributed by atoms with E-state index in [-0.39, 0.29) is 6.61 Å². The van der Waals surface area contributed by atoms with Crippen LogP contribution in [-0.4, -0.2) is 14.5 Å². The lowest BCUT2D eigenvalue weighted by atomic mass is 10.2. The van der Waals surface area contributed by atoms with Crippen LogP contribution < -0.4 is 0 Å². The summed E-state index contributed by atoms with van der Waals surface area (Å²) in [5, 5.41) is 11.2. The number of aromatic nitrogens is 2. The normalized spacial score (nSPS) is 11.1. The summed E-state index contributed by atoms with van der Waals surface area (Å²) in [6, 6.07) is 13.6. The van der Waals surface area contributed by atoms with Gasteiger partial charge in [0.15, 0.2) is 0 Å². The van der Waals surface area contributed by atoms with Crippen LogP contribution in [0, 0.1) is 0 Å². The van der Waals surface area contributed by atoms with E-state index in [0.29, 0.717) is 0 Å². The number of imidazole rings is 1. The third-order valence-electron chi connectivity index (χ3n) is 3.06. The Hall–Kier alpha value is -1.49. The number of thioether (sulfide) groups is 1. The molecule has 2 aromatic heterocycles. The molecule has 0 radical (unpaired) electrons. The lowest BCUT2D eigenvalue weighted by Gasteiger charge is -2.03. The van der Waals surface area contributed by atoms with Crippen molar-refractivity contribution in [3.05, 3.63) is 64.9 Å². The molecule has 0 aliphatic carbocycles. The summed E-state index contributed by atoms with van der Waals surface area (Å²) in [7, 11) is 0. The number of fused-ring (bicyclic) bond motifs is 1. The number of halogens is 1. The molecule has 0 aliphatic rings. The minimum atomic E-state index is -0.0317. The van der Waals surface area contributed by atoms with Crippen LogP contribution in [0.2, 0.25) is 5.02 Å². The molecule has 0 unspecified atom stereocenters. The average molecular weight is 305 g/mol. The highest BCUT2D eigenvalue weighted by atomic mass is 35.5. The Labute approximate surface area is 126 Å². The first-order valence-electron chi connectivity index (χ1n) is 6.22. The summed E-state index contributed by atoms with van der Waals surface area (Å²) >= 11 is 7.74. The molecule has 3 rings (SSSR count). The fourth-order valence-electron chi connectivity index (χ4n) is 2.05. The zero-order valence-electron chi connectivity index (χ0n) is 10.7. The number of rotatable bonds is 4. The third kappa shape index (κ3) is 2.54. The number of benzene rings is 1. The van der Waals surface area contributed by atoms with Gasteiger partial charge in [0.1, 0.15) is 10.7 Å². The average Bonchev–Trinajstić information content (AvgIpc) is 2.84. The van der Waals surface area contributed by atoms with Crippen molar-refractivity contribution in [3.63, 3.8) is 0 Å². The highest BCUT2D eigenvalue weighted by molar-refractivity contribution is 7.98. The zero-order chi connectivity index (χ0) is 13.9. The van der Waals surface area contributed by atoms with Crippen molar-refractivity contribution in [2.45, 2.75) is 17.4 Å². The van der Waals surface area contributed by atoms with Crippen molar-refractivity contribution in [2.75, 3.05) is 0 Å². The predicted octanol–water partition coefficient (Wildman–Crippen LogP) is 3.77. The quantitative estimate of drug-likeness (QED) is 0.746. The van der Waals surface area contributed by atoms with Crippen LogP contribution in [-0.2, 0) is 12.4 Å². The number of hydrogen-bond acceptors (Lipinski definition) is 3. The van der Waals surface area contributed by atoms with Gasteiger partial charge in [-0.25, -0.2) is 4.98 Å². The Morgan fingerprint density at radius 1 is 1.15 bits per heavy atom. The fraction of sp³-hybridized carbons (Fsp3) is 0.133. The highest BCUT2D eigenvalue weighted by Crippen LogP contribution is 2.29. The molecule has 0 bridgehead atoms. The molecule has 0 amide bonds. The molecule has 0 saturated heterocycles. The third-order valence-corrected chi connectivity index (χ3v) is 4.49. The van der Waals surface area contributed by atoms with E-state index in [1.54, 1.807) is 11.8 Å². The lowest BCUT2D eigenvalue weighted by Crippen LogP contribution is -1.93. The Morgan fingerprint density at radius 3 is 2.75 bits per heavy atom. The van der Waals surface area contributed by atoms with E-state index in [2.05, 4.69) is 4.98 Å². The smallest absolute Gasteiger partial charge is 0.138 e. The van der Waals surface area contributed by atoms with Crippen molar-refractivity contribution >= 4 is 29.0 Å². The first-order valence-corrected chi connectivity index (χ1v) is 7.59. The second-order valence-electron chi connectivity index (χ2n) is 4.33. The van der Waals surface area contributed by atoms with Crippen LogP contribution in [0.5, 0.6) is 0 Å². The van der Waals surface area contributed by atoms with Gasteiger partial charge in [-0.15, -0.1) is 0 Å². The molecule has 0 fully saturated rings. The molecule has 1 aromatic carbocycles. The van der Waals surface area contributed by atoms with Crippen LogP contribution in [0.3, 0.4) is 0 Å². The van der Waals surface area contributed by atoms with Crippen molar-refractivity contribution < 1.29 is 5.11 Å². The maximum Gasteiger partial charge on any atom is 0.138 e. The fourth-order valence-corrected chi connectivity index (χ4v) is 3.36. The molecule has 20 heavy (non-hydrogen) atoms. The van der Waals surface area contributed by atoms with Gasteiger partial charge in [-0.3, -0.25) is 0 Å². The molecule has 5 heteroatoms. The molecule has 0 atom stereocenters. The monoisotopic (exact) mass is 304 g/mol. The Morgan fingerprint density at radius 2 is 1.95 bits per heavy atom. The summed E-state index contributed by atoms with van der Waals surface area (Å²) in [6.07, 6.45) is 1.91. The minimum absolute atomic E-state index is 0.0317. The molecular formula is C15H13ClN2OS. The van der Waals surface area contributed by atoms with Crippen LogP contribution >= 0.6 is 23.4 Å². The molecular weight excluding hydrogens is 292 g/mol. The van der Waals surface area contributed by atoms with Crippen molar-refractivity contribution in [1.29, 1.82) is 0 Å². The molecule has 0 saturated carbocycles. The van der Waals surface area contributed by atoms with E-state index in [1.807, 2.05) is 53.1 Å². The largest absolute Gasteiger partial charge is 0.390 e. The summed E-state index contributed by atoms with van der Waals surface area (Å²) in [5.74, 6) is 0.733. The van der Waals surface area contributed by atoms with Gasteiger partial charge in [-0.2, -0.15) is 0 Å². The first kappa shape index (κ1) is 13.5. The summed E-state index contributed by atoms with van der Waals surface area (Å²) < 4.78 is 1.91. The topological polar surface area (TPSA) is 37.5 Å². The van der Waals surface area contributed by atoms with Gasteiger partial charge < -0.3 is 9.51 Å². The van der Waals surface area contributed by atoms with Crippen LogP contribution in [0.15, 0.2) is 53.7 Å². The number of hydrogen-bond donors (Lipinski definition) is 1. The van der Waals surface area contributed by atoms with E-state index in [4.69, 9.17) is 11.6 Å². The van der Waals surface area contributed by atoms with Crippen LogP contribution in [0.1, 0.15) is 11.3 Å². The molecule has 3 nitrogen and oxygen atoms in total. The maximum absolute atomic E-state index is 9.56. The van der Waals surface area contributed by atoms with Gasteiger partial charge in [-0.05, 0) is 23.8 Å². The lowest BCUT2D eigenvalue weighted by molar-refractivity contribution is 0.272. The summed E-state index contributed by atoms with van der Waals surface area (Å²) in [4.78, 5) is 4.55. The molecule has 1 N–H and O–H groups in total. The Balaban J connectivity index is 1.89. The second-order valence-corrected chi connectivity index (χ2v) is 5.70. The molecule has 102 valence electrons. The Kier molecular flexibility index (Phi) is 3.96. The van der Waals surface area contributed by atoms with Crippen molar-refractivity contribution in [1.82, 2.24) is 9.38 Å². The van der Waals surface area contributed by atoms with Crippen LogP contribution in [0.25, 0.3) is 5.65 Å². The minimum Gasteiger partial charge on any atom is -0.390 e. The van der Waals surface area contributed by atoms with Gasteiger partial charge in [0.25, 0.3) is 0 Å². The van der Waals surface area contributed by atoms with E-state index in [9.17, 15) is 5.11 Å². The van der Waals surface area contributed by atoms with E-state index in [0.717, 1.165) is 32.7 Å². The van der Waals surface area contributed by atoms with Crippen molar-refractivity contribution in [2.24, 2.45) is 0 Å². The summed E-state index contributed by atoms with van der Waals surface area (Å²) in [6.45, 7) is -0.0317. The van der Waals surface area contributed by atoms with Gasteiger partial charge in [-0.1, -0.05) is 47.6 Å². The first-order chi connectivity index (χ1) is 9.79. The van der Waals surface area contributed by atoms with Gasteiger partial charge in [0.05, 0.1) is 12.3 Å². The molecule has 3 aromatic rings. The van der Waals surface area contributed by atoms with E-state index in [1.165, 1.54) is 0 Å². The van der Waals surface area contributed by atoms with Crippen molar-refractivity contribution in [3.8, 4) is 0 Å². The highest BCUT2D eigenvalue weighted by Gasteiger charge is 2.12. The second kappa shape index (κ2) is 5.87. The van der Waals surface area contributed by atoms with Gasteiger partial charge in [0.2, 0.25) is 0 Å². The Bertz CT molecular complexity index is 742. The standard InChI is InChI=1S/C15H13ClN2OS/c16-12-6-2-1-5-11(12)10-20-15-13(9-19)18-8-4-3-7-14(18)17-15/h1-8,19H,9-10H2. The molecule has 2 heterocycles. The maximum atomic E-state index is 9.56. The van der Waals surface area contributed by atoms with Gasteiger partial charge >= 0.3 is 0 Å².